The summed E-state index contributed by atoms with van der Waals surface area (Å²) in [5.41, 5.74) is 1.02. The maximum absolute atomic E-state index is 12.4. The van der Waals surface area contributed by atoms with E-state index in [2.05, 4.69) is 11.2 Å². The minimum Gasteiger partial charge on any atom is -0.497 e. The topological polar surface area (TPSA) is 64.6 Å². The molecule has 0 spiro atoms. The zero-order valence-corrected chi connectivity index (χ0v) is 13.2. The van der Waals surface area contributed by atoms with Gasteiger partial charge in [-0.15, -0.1) is 6.42 Å². The van der Waals surface area contributed by atoms with Crippen molar-refractivity contribution < 1.29 is 19.1 Å². The van der Waals surface area contributed by atoms with Crippen LogP contribution in [0, 0.1) is 12.3 Å². The van der Waals surface area contributed by atoms with Gasteiger partial charge in [0.05, 0.1) is 7.11 Å². The van der Waals surface area contributed by atoms with Crippen molar-refractivity contribution in [1.82, 2.24) is 5.32 Å². The molecule has 0 aliphatic carbocycles. The number of hydrogen-bond donors (Lipinski definition) is 1. The lowest BCUT2D eigenvalue weighted by Gasteiger charge is -2.17. The van der Waals surface area contributed by atoms with Crippen molar-refractivity contribution in [3.63, 3.8) is 0 Å². The van der Waals surface area contributed by atoms with Gasteiger partial charge in [0.15, 0.2) is 12.6 Å². The summed E-state index contributed by atoms with van der Waals surface area (Å²) >= 11 is 0. The molecule has 1 N–H and O–H groups in total. The molecule has 0 saturated heterocycles. The van der Waals surface area contributed by atoms with Gasteiger partial charge >= 0.3 is 5.97 Å². The minimum atomic E-state index is -0.936. The number of benzene rings is 2. The van der Waals surface area contributed by atoms with Gasteiger partial charge in [-0.05, 0) is 29.8 Å². The van der Waals surface area contributed by atoms with Crippen LogP contribution in [0.15, 0.2) is 54.6 Å². The van der Waals surface area contributed by atoms with E-state index >= 15 is 0 Å². The first kappa shape index (κ1) is 17.1. The average molecular weight is 323 g/mol. The number of hydrogen-bond acceptors (Lipinski definition) is 4. The zero-order valence-electron chi connectivity index (χ0n) is 13.2. The molecule has 0 aromatic heterocycles. The molecular weight excluding hydrogens is 306 g/mol. The summed E-state index contributed by atoms with van der Waals surface area (Å²) in [6.45, 7) is -0.152. The average Bonchev–Trinajstić information content (AvgIpc) is 2.64. The van der Waals surface area contributed by atoms with Gasteiger partial charge in [-0.1, -0.05) is 36.3 Å². The third-order valence-corrected chi connectivity index (χ3v) is 3.29. The smallest absolute Gasteiger partial charge is 0.334 e. The standard InChI is InChI=1S/C19H17NO4/c1-3-13-24-19(22)17(14-7-5-4-6-8-14)20-18(21)15-9-11-16(23-2)12-10-15/h1,4-12,17H,13H2,2H3,(H,20,21). The lowest BCUT2D eigenvalue weighted by atomic mass is 10.1. The molecule has 122 valence electrons. The number of carbonyl (C=O) groups is 2. The van der Waals surface area contributed by atoms with Crippen LogP contribution in [0.1, 0.15) is 22.0 Å². The van der Waals surface area contributed by atoms with Gasteiger partial charge < -0.3 is 14.8 Å². The van der Waals surface area contributed by atoms with Crippen molar-refractivity contribution in [2.75, 3.05) is 13.7 Å². The summed E-state index contributed by atoms with van der Waals surface area (Å²) in [5.74, 6) is 1.86. The fourth-order valence-corrected chi connectivity index (χ4v) is 2.08. The Morgan fingerprint density at radius 1 is 1.12 bits per heavy atom. The quantitative estimate of drug-likeness (QED) is 0.655. The van der Waals surface area contributed by atoms with E-state index in [1.165, 1.54) is 0 Å². The Balaban J connectivity index is 2.19. The van der Waals surface area contributed by atoms with Crippen LogP contribution in [0.5, 0.6) is 5.75 Å². The first-order chi connectivity index (χ1) is 11.7. The molecule has 5 nitrogen and oxygen atoms in total. The highest BCUT2D eigenvalue weighted by atomic mass is 16.5. The van der Waals surface area contributed by atoms with E-state index in [0.717, 1.165) is 0 Å². The molecule has 0 bridgehead atoms. The molecule has 1 amide bonds. The Bertz CT molecular complexity index is 732. The van der Waals surface area contributed by atoms with Gasteiger partial charge in [0, 0.05) is 5.56 Å². The zero-order chi connectivity index (χ0) is 17.4. The van der Waals surface area contributed by atoms with E-state index in [4.69, 9.17) is 15.9 Å². The summed E-state index contributed by atoms with van der Waals surface area (Å²) in [7, 11) is 1.54. The Labute approximate surface area is 140 Å². The summed E-state index contributed by atoms with van der Waals surface area (Å²) in [6.07, 6.45) is 5.11. The van der Waals surface area contributed by atoms with Crippen molar-refractivity contribution in [1.29, 1.82) is 0 Å². The second-order valence-corrected chi connectivity index (χ2v) is 4.86. The summed E-state index contributed by atoms with van der Waals surface area (Å²) < 4.78 is 10.0. The van der Waals surface area contributed by atoms with Gasteiger partial charge in [-0.25, -0.2) is 4.79 Å². The fourth-order valence-electron chi connectivity index (χ4n) is 2.08. The van der Waals surface area contributed by atoms with Crippen LogP contribution in [0.4, 0.5) is 0 Å². The molecule has 2 aromatic carbocycles. The van der Waals surface area contributed by atoms with Crippen LogP contribution in [0.25, 0.3) is 0 Å². The second-order valence-electron chi connectivity index (χ2n) is 4.86. The van der Waals surface area contributed by atoms with E-state index in [1.807, 2.05) is 6.07 Å². The number of ether oxygens (including phenoxy) is 2. The number of amides is 1. The Morgan fingerprint density at radius 2 is 1.79 bits per heavy atom. The molecule has 5 heteroatoms. The Kier molecular flexibility index (Phi) is 5.98. The molecule has 2 aromatic rings. The predicted molar refractivity (Wildman–Crippen MR) is 89.4 cm³/mol. The summed E-state index contributed by atoms with van der Waals surface area (Å²) in [6, 6.07) is 14.5. The molecule has 0 aliphatic rings. The number of esters is 1. The molecule has 0 heterocycles. The van der Waals surface area contributed by atoms with Gasteiger partial charge in [-0.2, -0.15) is 0 Å². The fraction of sp³-hybridized carbons (Fsp3) is 0.158. The van der Waals surface area contributed by atoms with Crippen LogP contribution in [0.2, 0.25) is 0 Å². The van der Waals surface area contributed by atoms with Crippen LogP contribution in [0.3, 0.4) is 0 Å². The minimum absolute atomic E-state index is 0.152. The number of rotatable bonds is 6. The highest BCUT2D eigenvalue weighted by Crippen LogP contribution is 2.17. The molecule has 0 fully saturated rings. The molecular formula is C19H17NO4. The van der Waals surface area contributed by atoms with Gasteiger partial charge in [0.1, 0.15) is 5.75 Å². The van der Waals surface area contributed by atoms with Gasteiger partial charge in [0.25, 0.3) is 5.91 Å². The van der Waals surface area contributed by atoms with Crippen molar-refractivity contribution >= 4 is 11.9 Å². The molecule has 0 aliphatic heterocycles. The van der Waals surface area contributed by atoms with Crippen LogP contribution >= 0.6 is 0 Å². The lowest BCUT2D eigenvalue weighted by molar-refractivity contribution is -0.144. The van der Waals surface area contributed by atoms with Crippen LogP contribution in [-0.2, 0) is 9.53 Å². The van der Waals surface area contributed by atoms with Crippen molar-refractivity contribution in [3.8, 4) is 18.1 Å². The third kappa shape index (κ3) is 4.37. The molecule has 0 radical (unpaired) electrons. The van der Waals surface area contributed by atoms with E-state index in [9.17, 15) is 9.59 Å². The number of terminal acetylenes is 1. The SMILES string of the molecule is C#CCOC(=O)C(NC(=O)c1ccc(OC)cc1)c1ccccc1. The van der Waals surface area contributed by atoms with E-state index in [0.29, 0.717) is 16.9 Å². The Morgan fingerprint density at radius 3 is 2.38 bits per heavy atom. The molecule has 1 atom stereocenters. The maximum atomic E-state index is 12.4. The summed E-state index contributed by atoms with van der Waals surface area (Å²) in [5, 5.41) is 2.67. The molecule has 2 rings (SSSR count). The largest absolute Gasteiger partial charge is 0.497 e. The monoisotopic (exact) mass is 323 g/mol. The highest BCUT2D eigenvalue weighted by molar-refractivity contribution is 5.97. The van der Waals surface area contributed by atoms with Crippen molar-refractivity contribution in [3.05, 3.63) is 65.7 Å². The van der Waals surface area contributed by atoms with Gasteiger partial charge in [0.2, 0.25) is 0 Å². The number of methoxy groups -OCH3 is 1. The normalized spacial score (nSPS) is 11.0. The highest BCUT2D eigenvalue weighted by Gasteiger charge is 2.24. The third-order valence-electron chi connectivity index (χ3n) is 3.29. The van der Waals surface area contributed by atoms with Crippen LogP contribution < -0.4 is 10.1 Å². The lowest BCUT2D eigenvalue weighted by Crippen LogP contribution is -2.35. The van der Waals surface area contributed by atoms with E-state index in [1.54, 1.807) is 55.6 Å². The number of nitrogens with one attached hydrogen (secondary N) is 1. The van der Waals surface area contributed by atoms with Gasteiger partial charge in [-0.3, -0.25) is 4.79 Å². The maximum Gasteiger partial charge on any atom is 0.334 e. The molecule has 24 heavy (non-hydrogen) atoms. The second kappa shape index (κ2) is 8.39. The van der Waals surface area contributed by atoms with E-state index in [-0.39, 0.29) is 6.61 Å². The summed E-state index contributed by atoms with van der Waals surface area (Å²) in [4.78, 5) is 24.6. The predicted octanol–water partition coefficient (Wildman–Crippen LogP) is 2.34. The first-order valence-electron chi connectivity index (χ1n) is 7.25. The molecule has 1 unspecified atom stereocenters. The van der Waals surface area contributed by atoms with E-state index < -0.39 is 17.9 Å². The number of carbonyl (C=O) groups excluding carboxylic acids is 2. The molecule has 0 saturated carbocycles. The van der Waals surface area contributed by atoms with Crippen molar-refractivity contribution in [2.45, 2.75) is 6.04 Å². The van der Waals surface area contributed by atoms with Crippen LogP contribution in [-0.4, -0.2) is 25.6 Å². The van der Waals surface area contributed by atoms with Crippen molar-refractivity contribution in [2.24, 2.45) is 0 Å². The first-order valence-corrected chi connectivity index (χ1v) is 7.25. The Hall–Kier alpha value is -3.26.